The Kier molecular flexibility index (Phi) is 50.4. The van der Waals surface area contributed by atoms with Crippen molar-refractivity contribution in [2.45, 2.75) is 259 Å². The van der Waals surface area contributed by atoms with Crippen LogP contribution in [-0.2, 0) is 52.3 Å². The molecular weight excluding hydrogens is 949 g/mol. The van der Waals surface area contributed by atoms with Crippen LogP contribution in [0.2, 0.25) is 0 Å². The van der Waals surface area contributed by atoms with Crippen LogP contribution in [-0.4, -0.2) is 125 Å². The van der Waals surface area contributed by atoms with Crippen molar-refractivity contribution in [3.63, 3.8) is 0 Å². The van der Waals surface area contributed by atoms with Crippen LogP contribution in [0, 0.1) is 47.4 Å². The molecule has 0 aliphatic rings. The molecule has 0 aliphatic carbocycles. The van der Waals surface area contributed by atoms with Gasteiger partial charge in [-0.25, -0.2) is 0 Å². The van der Waals surface area contributed by atoms with E-state index < -0.39 is 36.5 Å². The summed E-state index contributed by atoms with van der Waals surface area (Å²) in [5, 5.41) is 0. The first-order chi connectivity index (χ1) is 36.5. The molecule has 0 aromatic rings. The Morgan fingerprint density at radius 2 is 0.813 bits per heavy atom. The average Bonchev–Trinajstić information content (AvgIpc) is 3.39. The van der Waals surface area contributed by atoms with Gasteiger partial charge in [-0.3, -0.25) is 19.2 Å². The van der Waals surface area contributed by atoms with E-state index in [1.807, 2.05) is 19.0 Å². The SMILES string of the molecule is CCCCC#CCCOC(CCC(=O)OCC(COC(=O)CCC(OCCC#CCCCC)OCCC#CCCCC)N(CCCN(C)C)C(=O)CCC(=O)OC(CCC)CCCCCC)OCCC#CCCCC. The molecule has 0 saturated heterocycles. The monoisotopic (exact) mass is 1050 g/mol. The Hall–Kier alpha value is -4.08. The smallest absolute Gasteiger partial charge is 0.306 e. The number of esters is 3. The molecule has 0 bridgehead atoms. The second kappa shape index (κ2) is 53.3. The number of nitrogens with zero attached hydrogens (tertiary/aromatic N) is 2. The number of carbonyl (C=O) groups excluding carboxylic acids is 4. The molecule has 13 nitrogen and oxygen atoms in total. The highest BCUT2D eigenvalue weighted by Crippen LogP contribution is 2.17. The van der Waals surface area contributed by atoms with Gasteiger partial charge >= 0.3 is 17.9 Å². The molecule has 1 atom stereocenters. The second-order valence-electron chi connectivity index (χ2n) is 19.3. The van der Waals surface area contributed by atoms with Crippen LogP contribution in [0.4, 0.5) is 0 Å². The molecule has 0 rings (SSSR count). The summed E-state index contributed by atoms with van der Waals surface area (Å²) in [5.74, 6) is 23.5. The van der Waals surface area contributed by atoms with Crippen molar-refractivity contribution in [3.8, 4) is 47.4 Å². The molecule has 1 unspecified atom stereocenters. The minimum absolute atomic E-state index is 0.0185. The van der Waals surface area contributed by atoms with Crippen LogP contribution in [0.15, 0.2) is 0 Å². The van der Waals surface area contributed by atoms with E-state index in [1.165, 1.54) is 0 Å². The van der Waals surface area contributed by atoms with Crippen molar-refractivity contribution in [1.29, 1.82) is 0 Å². The van der Waals surface area contributed by atoms with Crippen LogP contribution >= 0.6 is 0 Å². The van der Waals surface area contributed by atoms with E-state index in [9.17, 15) is 19.2 Å². The van der Waals surface area contributed by atoms with Gasteiger partial charge in [-0.2, -0.15) is 0 Å². The van der Waals surface area contributed by atoms with Gasteiger partial charge in [0.2, 0.25) is 5.91 Å². The van der Waals surface area contributed by atoms with Gasteiger partial charge in [0.05, 0.1) is 51.7 Å². The van der Waals surface area contributed by atoms with Crippen molar-refractivity contribution < 1.29 is 52.3 Å². The summed E-state index contributed by atoms with van der Waals surface area (Å²) in [5.41, 5.74) is 0. The molecule has 0 saturated carbocycles. The Labute approximate surface area is 457 Å². The van der Waals surface area contributed by atoms with E-state index in [0.29, 0.717) is 65.1 Å². The molecule has 0 spiro atoms. The standard InChI is InChI=1S/C62H104N2O11/c1-9-15-20-25-29-34-49-69-61(70-50-35-30-26-21-16-10-2)45-43-58(66)73-53-55(64(48-38-47-63(7)8)57(65)41-42-60(68)75-56(39-14-6)40-33-24-19-13-5)54-74-59(67)44-46-62(71-51-36-31-27-22-17-11-3)72-52-37-32-28-23-18-12-4/h55-56,61-62H,9-24,33-54H2,1-8H3. The Morgan fingerprint density at radius 1 is 0.400 bits per heavy atom. The molecule has 75 heavy (non-hydrogen) atoms. The number of carbonyl (C=O) groups is 4. The van der Waals surface area contributed by atoms with Gasteiger partial charge in [0, 0.05) is 77.2 Å². The third kappa shape index (κ3) is 45.8. The molecule has 0 aromatic heterocycles. The molecular formula is C62H104N2O11. The van der Waals surface area contributed by atoms with Gasteiger partial charge in [0.25, 0.3) is 0 Å². The Balaban J connectivity index is 6.33. The zero-order valence-electron chi connectivity index (χ0n) is 48.6. The number of amides is 1. The average molecular weight is 1050 g/mol. The lowest BCUT2D eigenvalue weighted by molar-refractivity contribution is -0.163. The van der Waals surface area contributed by atoms with Gasteiger partial charge in [-0.1, -0.05) is 92.9 Å². The van der Waals surface area contributed by atoms with Gasteiger partial charge in [0.1, 0.15) is 19.3 Å². The van der Waals surface area contributed by atoms with Crippen LogP contribution in [0.1, 0.15) is 234 Å². The fraction of sp³-hybridized carbons (Fsp3) is 0.806. The summed E-state index contributed by atoms with van der Waals surface area (Å²) in [7, 11) is 3.90. The fourth-order valence-corrected chi connectivity index (χ4v) is 7.43. The van der Waals surface area contributed by atoms with Crippen molar-refractivity contribution in [2.75, 3.05) is 66.8 Å². The van der Waals surface area contributed by atoms with E-state index in [2.05, 4.69) is 88.9 Å². The highest BCUT2D eigenvalue weighted by atomic mass is 16.7. The van der Waals surface area contributed by atoms with E-state index in [0.717, 1.165) is 122 Å². The zero-order chi connectivity index (χ0) is 55.3. The van der Waals surface area contributed by atoms with Gasteiger partial charge in [-0.05, 0) is 72.0 Å². The molecule has 428 valence electrons. The maximum Gasteiger partial charge on any atom is 0.306 e. The lowest BCUT2D eigenvalue weighted by Gasteiger charge is -2.32. The topological polar surface area (TPSA) is 139 Å². The summed E-state index contributed by atoms with van der Waals surface area (Å²) in [6.45, 7) is 14.7. The third-order valence-electron chi connectivity index (χ3n) is 11.9. The normalized spacial score (nSPS) is 11.3. The van der Waals surface area contributed by atoms with Crippen molar-refractivity contribution in [1.82, 2.24) is 9.80 Å². The first kappa shape index (κ1) is 70.9. The fourth-order valence-electron chi connectivity index (χ4n) is 7.43. The summed E-state index contributed by atoms with van der Waals surface area (Å²) in [6, 6.07) is -0.836. The lowest BCUT2D eigenvalue weighted by Crippen LogP contribution is -2.47. The van der Waals surface area contributed by atoms with Crippen molar-refractivity contribution in [2.24, 2.45) is 0 Å². The third-order valence-corrected chi connectivity index (χ3v) is 11.9. The molecule has 0 aromatic carbocycles. The quantitative estimate of drug-likeness (QED) is 0.0188. The van der Waals surface area contributed by atoms with E-state index >= 15 is 0 Å². The number of unbranched alkanes of at least 4 members (excludes halogenated alkanes) is 11. The summed E-state index contributed by atoms with van der Waals surface area (Å²) in [4.78, 5) is 58.2. The van der Waals surface area contributed by atoms with Gasteiger partial charge in [0.15, 0.2) is 12.6 Å². The highest BCUT2D eigenvalue weighted by molar-refractivity contribution is 5.82. The predicted octanol–water partition coefficient (Wildman–Crippen LogP) is 12.3. The molecule has 0 N–H and O–H groups in total. The van der Waals surface area contributed by atoms with Gasteiger partial charge in [-0.15, -0.1) is 47.4 Å². The minimum Gasteiger partial charge on any atom is -0.463 e. The maximum atomic E-state index is 14.3. The first-order valence-corrected chi connectivity index (χ1v) is 29.3. The number of rotatable bonds is 46. The van der Waals surface area contributed by atoms with Crippen LogP contribution in [0.25, 0.3) is 0 Å². The largest absolute Gasteiger partial charge is 0.463 e. The van der Waals surface area contributed by atoms with Crippen LogP contribution in [0.5, 0.6) is 0 Å². The second-order valence-corrected chi connectivity index (χ2v) is 19.3. The number of hydrogen-bond acceptors (Lipinski definition) is 12. The molecule has 0 heterocycles. The first-order valence-electron chi connectivity index (χ1n) is 29.3. The summed E-state index contributed by atoms with van der Waals surface area (Å²) in [6.07, 6.45) is 20.2. The molecule has 0 aliphatic heterocycles. The zero-order valence-corrected chi connectivity index (χ0v) is 48.6. The molecule has 1 amide bonds. The van der Waals surface area contributed by atoms with Crippen LogP contribution < -0.4 is 0 Å². The van der Waals surface area contributed by atoms with Crippen LogP contribution in [0.3, 0.4) is 0 Å². The summed E-state index contributed by atoms with van der Waals surface area (Å²) < 4.78 is 41.9. The van der Waals surface area contributed by atoms with E-state index in [1.54, 1.807) is 4.90 Å². The molecule has 13 heteroatoms. The lowest BCUT2D eigenvalue weighted by atomic mass is 10.1. The summed E-state index contributed by atoms with van der Waals surface area (Å²) >= 11 is 0. The maximum absolute atomic E-state index is 14.3. The Bertz CT molecular complexity index is 1540. The van der Waals surface area contributed by atoms with Crippen molar-refractivity contribution in [3.05, 3.63) is 0 Å². The Morgan fingerprint density at radius 3 is 1.20 bits per heavy atom. The number of hydrogen-bond donors (Lipinski definition) is 0. The molecule has 0 radical (unpaired) electrons. The highest BCUT2D eigenvalue weighted by Gasteiger charge is 2.28. The van der Waals surface area contributed by atoms with E-state index in [-0.39, 0.29) is 70.3 Å². The predicted molar refractivity (Wildman–Crippen MR) is 301 cm³/mol. The number of ether oxygens (including phenoxy) is 7. The van der Waals surface area contributed by atoms with E-state index in [4.69, 9.17) is 33.2 Å². The molecule has 0 fully saturated rings. The van der Waals surface area contributed by atoms with Crippen molar-refractivity contribution >= 4 is 23.8 Å². The van der Waals surface area contributed by atoms with Gasteiger partial charge < -0.3 is 43.0 Å². The minimum atomic E-state index is -0.836.